The molecule has 0 spiro atoms. The highest BCUT2D eigenvalue weighted by atomic mass is 35.5. The van der Waals surface area contributed by atoms with Gasteiger partial charge >= 0.3 is 5.97 Å². The first kappa shape index (κ1) is 20.4. The Morgan fingerprint density at radius 2 is 2.21 bits per heavy atom. The van der Waals surface area contributed by atoms with Crippen LogP contribution in [-0.2, 0) is 9.53 Å². The molecule has 1 saturated heterocycles. The molecule has 7 nitrogen and oxygen atoms in total. The van der Waals surface area contributed by atoms with Gasteiger partial charge in [-0.25, -0.2) is 4.98 Å². The molecule has 2 aliphatic rings. The monoisotopic (exact) mass is 434 g/mol. The number of halogens is 1. The third kappa shape index (κ3) is 3.93. The normalized spacial score (nSPS) is 23.1. The molecular formula is C20H23ClN4O3S. The summed E-state index contributed by atoms with van der Waals surface area (Å²) < 4.78 is 6.64. The molecule has 1 fully saturated rings. The molecule has 29 heavy (non-hydrogen) atoms. The van der Waals surface area contributed by atoms with E-state index in [0.29, 0.717) is 29.2 Å². The molecule has 2 aromatic rings. The summed E-state index contributed by atoms with van der Waals surface area (Å²) in [5, 5.41) is 5.03. The molecule has 3 atom stereocenters. The van der Waals surface area contributed by atoms with Gasteiger partial charge in [0.2, 0.25) is 0 Å². The van der Waals surface area contributed by atoms with Gasteiger partial charge in [0.25, 0.3) is 5.91 Å². The van der Waals surface area contributed by atoms with E-state index in [2.05, 4.69) is 15.0 Å². The molecule has 9 heteroatoms. The van der Waals surface area contributed by atoms with Crippen molar-refractivity contribution in [3.05, 3.63) is 40.7 Å². The Balaban J connectivity index is 1.67. The lowest BCUT2D eigenvalue weighted by Gasteiger charge is -2.39. The minimum absolute atomic E-state index is 0.103. The van der Waals surface area contributed by atoms with E-state index in [-0.39, 0.29) is 23.8 Å². The standard InChI is InChI=1S/C20H23ClN4O3S/c1-3-28-19(27)13-7-6-10-24(11-13)16(14-8-4-5-9-15(14)21)17-18(26)25-20(29-17)22-12(2)23-25/h4-5,8-9,13,16-17H,3,6-7,10-11H2,1-2H3. The van der Waals surface area contributed by atoms with Gasteiger partial charge in [0.1, 0.15) is 11.1 Å². The van der Waals surface area contributed by atoms with E-state index in [9.17, 15) is 9.59 Å². The Hall–Kier alpha value is -1.90. The molecule has 1 aromatic heterocycles. The summed E-state index contributed by atoms with van der Waals surface area (Å²) in [5.41, 5.74) is 0.881. The number of hydrogen-bond donors (Lipinski definition) is 0. The molecular weight excluding hydrogens is 412 g/mol. The lowest BCUT2D eigenvalue weighted by Crippen LogP contribution is -2.46. The molecule has 3 unspecified atom stereocenters. The molecule has 0 bridgehead atoms. The minimum atomic E-state index is -0.425. The first-order valence-electron chi connectivity index (χ1n) is 9.79. The number of hydrogen-bond acceptors (Lipinski definition) is 7. The summed E-state index contributed by atoms with van der Waals surface area (Å²) in [6, 6.07) is 7.31. The fraction of sp³-hybridized carbons (Fsp3) is 0.500. The van der Waals surface area contributed by atoms with E-state index in [1.54, 1.807) is 6.92 Å². The number of fused-ring (bicyclic) bond motifs is 1. The zero-order valence-corrected chi connectivity index (χ0v) is 17.9. The third-order valence-corrected chi connectivity index (χ3v) is 6.88. The Labute approximate surface area is 178 Å². The van der Waals surface area contributed by atoms with Crippen molar-refractivity contribution in [2.45, 2.75) is 43.1 Å². The molecule has 0 saturated carbocycles. The molecule has 0 radical (unpaired) electrons. The molecule has 1 aromatic carbocycles. The Kier molecular flexibility index (Phi) is 5.94. The summed E-state index contributed by atoms with van der Waals surface area (Å²) in [5.74, 6) is 0.0982. The summed E-state index contributed by atoms with van der Waals surface area (Å²) in [7, 11) is 0. The van der Waals surface area contributed by atoms with Gasteiger partial charge in [0, 0.05) is 11.6 Å². The van der Waals surface area contributed by atoms with E-state index < -0.39 is 5.25 Å². The predicted molar refractivity (Wildman–Crippen MR) is 110 cm³/mol. The number of rotatable bonds is 5. The lowest BCUT2D eigenvalue weighted by atomic mass is 9.93. The van der Waals surface area contributed by atoms with Crippen molar-refractivity contribution in [3.63, 3.8) is 0 Å². The second-order valence-electron chi connectivity index (χ2n) is 7.28. The number of piperidine rings is 1. The van der Waals surface area contributed by atoms with Crippen LogP contribution in [0.1, 0.15) is 42.0 Å². The molecule has 2 aliphatic heterocycles. The number of thioether (sulfide) groups is 1. The van der Waals surface area contributed by atoms with Gasteiger partial charge in [-0.1, -0.05) is 41.6 Å². The van der Waals surface area contributed by atoms with E-state index in [0.717, 1.165) is 24.9 Å². The van der Waals surface area contributed by atoms with Crippen molar-refractivity contribution in [1.29, 1.82) is 0 Å². The third-order valence-electron chi connectivity index (χ3n) is 5.34. The van der Waals surface area contributed by atoms with Crippen molar-refractivity contribution < 1.29 is 14.3 Å². The summed E-state index contributed by atoms with van der Waals surface area (Å²) in [6.07, 6.45) is 1.65. The predicted octanol–water partition coefficient (Wildman–Crippen LogP) is 3.37. The zero-order valence-electron chi connectivity index (χ0n) is 16.4. The highest BCUT2D eigenvalue weighted by molar-refractivity contribution is 8.00. The topological polar surface area (TPSA) is 77.3 Å². The molecule has 0 aliphatic carbocycles. The van der Waals surface area contributed by atoms with Crippen LogP contribution in [0.2, 0.25) is 5.02 Å². The number of carbonyl (C=O) groups is 2. The Morgan fingerprint density at radius 3 is 2.93 bits per heavy atom. The van der Waals surface area contributed by atoms with E-state index >= 15 is 0 Å². The molecule has 0 N–H and O–H groups in total. The van der Waals surface area contributed by atoms with Crippen molar-refractivity contribution >= 4 is 35.2 Å². The largest absolute Gasteiger partial charge is 0.466 e. The quantitative estimate of drug-likeness (QED) is 0.667. The van der Waals surface area contributed by atoms with E-state index in [1.165, 1.54) is 16.4 Å². The first-order valence-corrected chi connectivity index (χ1v) is 11.0. The van der Waals surface area contributed by atoms with Crippen LogP contribution in [0.5, 0.6) is 0 Å². The second kappa shape index (κ2) is 8.45. The number of nitrogens with zero attached hydrogens (tertiary/aromatic N) is 4. The summed E-state index contributed by atoms with van der Waals surface area (Å²) in [6.45, 7) is 5.27. The number of aryl methyl sites for hydroxylation is 1. The maximum Gasteiger partial charge on any atom is 0.310 e. The SMILES string of the molecule is CCOC(=O)C1CCCN(C(c2ccccc2Cl)C2Sc3nc(C)nn3C2=O)C1. The van der Waals surface area contributed by atoms with Gasteiger partial charge in [-0.05, 0) is 44.9 Å². The van der Waals surface area contributed by atoms with Crippen LogP contribution < -0.4 is 0 Å². The maximum atomic E-state index is 13.2. The second-order valence-corrected chi connectivity index (χ2v) is 8.80. The smallest absolute Gasteiger partial charge is 0.310 e. The van der Waals surface area contributed by atoms with Crippen LogP contribution >= 0.6 is 23.4 Å². The average Bonchev–Trinajstić information content (AvgIpc) is 3.21. The van der Waals surface area contributed by atoms with Crippen LogP contribution in [-0.4, -0.2) is 56.5 Å². The van der Waals surface area contributed by atoms with Gasteiger partial charge < -0.3 is 4.74 Å². The number of carbonyl (C=O) groups excluding carboxylic acids is 2. The van der Waals surface area contributed by atoms with Crippen LogP contribution in [0.3, 0.4) is 0 Å². The average molecular weight is 435 g/mol. The lowest BCUT2D eigenvalue weighted by molar-refractivity contribution is -0.150. The van der Waals surface area contributed by atoms with Gasteiger partial charge in [-0.15, -0.1) is 5.10 Å². The highest BCUT2D eigenvalue weighted by Crippen LogP contribution is 2.43. The highest BCUT2D eigenvalue weighted by Gasteiger charge is 2.45. The molecule has 0 amide bonds. The fourth-order valence-corrected chi connectivity index (χ4v) is 5.62. The molecule has 4 rings (SSSR count). The van der Waals surface area contributed by atoms with Crippen molar-refractivity contribution in [2.75, 3.05) is 19.7 Å². The number of benzene rings is 1. The van der Waals surface area contributed by atoms with Gasteiger partial charge in [-0.2, -0.15) is 4.68 Å². The number of ether oxygens (including phenoxy) is 1. The minimum Gasteiger partial charge on any atom is -0.466 e. The maximum absolute atomic E-state index is 13.2. The van der Waals surface area contributed by atoms with Gasteiger partial charge in [0.15, 0.2) is 5.16 Å². The molecule has 3 heterocycles. The van der Waals surface area contributed by atoms with Crippen molar-refractivity contribution in [2.24, 2.45) is 5.92 Å². The summed E-state index contributed by atoms with van der Waals surface area (Å²) in [4.78, 5) is 32.1. The van der Waals surface area contributed by atoms with E-state index in [1.807, 2.05) is 31.2 Å². The number of aromatic nitrogens is 3. The van der Waals surface area contributed by atoms with Crippen molar-refractivity contribution in [1.82, 2.24) is 19.7 Å². The first-order chi connectivity index (χ1) is 14.0. The zero-order chi connectivity index (χ0) is 20.5. The number of likely N-dealkylation sites (tertiary alicyclic amines) is 1. The Bertz CT molecular complexity index is 934. The fourth-order valence-electron chi connectivity index (χ4n) is 4.08. The van der Waals surface area contributed by atoms with Crippen LogP contribution in [0.25, 0.3) is 0 Å². The van der Waals surface area contributed by atoms with Crippen LogP contribution in [0, 0.1) is 12.8 Å². The van der Waals surface area contributed by atoms with Gasteiger partial charge in [0.05, 0.1) is 18.6 Å². The van der Waals surface area contributed by atoms with Crippen LogP contribution in [0.4, 0.5) is 0 Å². The van der Waals surface area contributed by atoms with Crippen LogP contribution in [0.15, 0.2) is 29.4 Å². The van der Waals surface area contributed by atoms with E-state index in [4.69, 9.17) is 16.3 Å². The Morgan fingerprint density at radius 1 is 1.41 bits per heavy atom. The molecule has 154 valence electrons. The number of esters is 1. The van der Waals surface area contributed by atoms with Gasteiger partial charge in [-0.3, -0.25) is 14.5 Å². The van der Waals surface area contributed by atoms with Crippen molar-refractivity contribution in [3.8, 4) is 0 Å². The summed E-state index contributed by atoms with van der Waals surface area (Å²) >= 11 is 7.96.